The molecule has 0 bridgehead atoms. The van der Waals surface area contributed by atoms with Gasteiger partial charge in [-0.3, -0.25) is 0 Å². The molecular formula is C54H36N2. The fraction of sp³-hybridized carbons (Fsp3) is 0.0370. The van der Waals surface area contributed by atoms with E-state index in [2.05, 4.69) is 207 Å². The normalized spacial score (nSPS) is 14.6. The zero-order valence-corrected chi connectivity index (χ0v) is 30.9. The zero-order chi connectivity index (χ0) is 37.2. The Balaban J connectivity index is 1.16. The molecule has 1 aromatic heterocycles. The largest absolute Gasteiger partial charge is 0.228 e. The monoisotopic (exact) mass is 712 g/mol. The average Bonchev–Trinajstić information content (AvgIpc) is 3.54. The summed E-state index contributed by atoms with van der Waals surface area (Å²) in [6.45, 7) is 2.36. The highest BCUT2D eigenvalue weighted by Crippen LogP contribution is 2.53. The lowest BCUT2D eigenvalue weighted by atomic mass is 9.74. The van der Waals surface area contributed by atoms with Crippen LogP contribution in [0.4, 0.5) is 0 Å². The van der Waals surface area contributed by atoms with Gasteiger partial charge in [0.15, 0.2) is 5.82 Å². The van der Waals surface area contributed by atoms with Crippen molar-refractivity contribution in [3.05, 3.63) is 217 Å². The predicted octanol–water partition coefficient (Wildman–Crippen LogP) is 13.9. The lowest BCUT2D eigenvalue weighted by Gasteiger charge is -2.28. The van der Waals surface area contributed by atoms with Crippen molar-refractivity contribution >= 4 is 32.3 Å². The minimum Gasteiger partial charge on any atom is -0.228 e. The molecule has 2 heteroatoms. The summed E-state index contributed by atoms with van der Waals surface area (Å²) >= 11 is 0. The number of hydrogen-bond acceptors (Lipinski definition) is 2. The maximum absolute atomic E-state index is 5.51. The molecule has 0 spiro atoms. The first-order valence-electron chi connectivity index (χ1n) is 19.3. The fourth-order valence-corrected chi connectivity index (χ4v) is 9.12. The Labute approximate surface area is 326 Å². The number of aromatic nitrogens is 2. The topological polar surface area (TPSA) is 25.8 Å². The Kier molecular flexibility index (Phi) is 7.33. The molecule has 11 rings (SSSR count). The molecule has 1 atom stereocenters. The van der Waals surface area contributed by atoms with Crippen molar-refractivity contribution in [3.8, 4) is 56.2 Å². The SMILES string of the molecule is CC1(c2ccccc2)c2ccccc2-c2cc(-c3cc(-c4ccc(-c5ccccc5)cc4)nc(-c4c5ccccc5cc5c4ccc4ccccc45)n3)ccc21. The quantitative estimate of drug-likeness (QED) is 0.131. The van der Waals surface area contributed by atoms with E-state index in [0.717, 1.165) is 44.7 Å². The number of benzene rings is 9. The van der Waals surface area contributed by atoms with Crippen LogP contribution in [-0.4, -0.2) is 9.97 Å². The molecular weight excluding hydrogens is 677 g/mol. The number of hydrogen-bond donors (Lipinski definition) is 0. The third kappa shape index (κ3) is 5.03. The van der Waals surface area contributed by atoms with Crippen molar-refractivity contribution in [3.63, 3.8) is 0 Å². The molecule has 1 aliphatic carbocycles. The van der Waals surface area contributed by atoms with Gasteiger partial charge in [0, 0.05) is 22.1 Å². The molecule has 1 aliphatic rings. The molecule has 56 heavy (non-hydrogen) atoms. The molecule has 0 aliphatic heterocycles. The van der Waals surface area contributed by atoms with Crippen molar-refractivity contribution < 1.29 is 0 Å². The molecule has 1 heterocycles. The van der Waals surface area contributed by atoms with Gasteiger partial charge < -0.3 is 0 Å². The second-order valence-corrected chi connectivity index (χ2v) is 15.1. The Morgan fingerprint density at radius 2 is 0.946 bits per heavy atom. The molecule has 0 fully saturated rings. The third-order valence-corrected chi connectivity index (χ3v) is 12.0. The molecule has 0 saturated heterocycles. The second kappa shape index (κ2) is 12.7. The van der Waals surface area contributed by atoms with Gasteiger partial charge in [0.05, 0.1) is 11.4 Å². The molecule has 2 nitrogen and oxygen atoms in total. The van der Waals surface area contributed by atoms with Gasteiger partial charge >= 0.3 is 0 Å². The Morgan fingerprint density at radius 3 is 1.75 bits per heavy atom. The lowest BCUT2D eigenvalue weighted by Crippen LogP contribution is -2.22. The highest BCUT2D eigenvalue weighted by molar-refractivity contribution is 6.19. The van der Waals surface area contributed by atoms with Gasteiger partial charge in [-0.1, -0.05) is 182 Å². The summed E-state index contributed by atoms with van der Waals surface area (Å²) in [5, 5.41) is 7.10. The van der Waals surface area contributed by atoms with Crippen LogP contribution in [0.15, 0.2) is 200 Å². The first kappa shape index (κ1) is 32.3. The molecule has 0 amide bonds. The van der Waals surface area contributed by atoms with Crippen LogP contribution in [0.3, 0.4) is 0 Å². The molecule has 0 radical (unpaired) electrons. The van der Waals surface area contributed by atoms with Gasteiger partial charge in [-0.15, -0.1) is 0 Å². The van der Waals surface area contributed by atoms with Crippen LogP contribution in [0.5, 0.6) is 0 Å². The molecule has 9 aromatic carbocycles. The summed E-state index contributed by atoms with van der Waals surface area (Å²) in [6, 6.07) is 72.3. The Hall–Kier alpha value is -7.16. The minimum absolute atomic E-state index is 0.265. The van der Waals surface area contributed by atoms with E-state index in [-0.39, 0.29) is 5.41 Å². The van der Waals surface area contributed by atoms with E-state index < -0.39 is 0 Å². The van der Waals surface area contributed by atoms with E-state index in [1.807, 2.05) is 0 Å². The molecule has 1 unspecified atom stereocenters. The van der Waals surface area contributed by atoms with Crippen molar-refractivity contribution in [1.82, 2.24) is 9.97 Å². The van der Waals surface area contributed by atoms with Gasteiger partial charge in [0.2, 0.25) is 0 Å². The van der Waals surface area contributed by atoms with Crippen molar-refractivity contribution in [2.45, 2.75) is 12.3 Å². The highest BCUT2D eigenvalue weighted by Gasteiger charge is 2.40. The molecule has 10 aromatic rings. The van der Waals surface area contributed by atoms with Crippen LogP contribution in [0, 0.1) is 0 Å². The molecule has 0 N–H and O–H groups in total. The van der Waals surface area contributed by atoms with Crippen LogP contribution < -0.4 is 0 Å². The van der Waals surface area contributed by atoms with E-state index in [9.17, 15) is 0 Å². The first-order valence-corrected chi connectivity index (χ1v) is 19.3. The fourth-order valence-electron chi connectivity index (χ4n) is 9.12. The van der Waals surface area contributed by atoms with Crippen LogP contribution in [0.1, 0.15) is 23.6 Å². The average molecular weight is 713 g/mol. The summed E-state index contributed by atoms with van der Waals surface area (Å²) in [7, 11) is 0. The van der Waals surface area contributed by atoms with Crippen LogP contribution in [0.2, 0.25) is 0 Å². The second-order valence-electron chi connectivity index (χ2n) is 15.1. The van der Waals surface area contributed by atoms with E-state index in [4.69, 9.17) is 9.97 Å². The van der Waals surface area contributed by atoms with Crippen LogP contribution in [-0.2, 0) is 5.41 Å². The third-order valence-electron chi connectivity index (χ3n) is 12.0. The number of fused-ring (bicyclic) bond motifs is 7. The van der Waals surface area contributed by atoms with Gasteiger partial charge in [-0.05, 0) is 96.4 Å². The lowest BCUT2D eigenvalue weighted by molar-refractivity contribution is 0.714. The predicted molar refractivity (Wildman–Crippen MR) is 234 cm³/mol. The minimum atomic E-state index is -0.265. The summed E-state index contributed by atoms with van der Waals surface area (Å²) in [4.78, 5) is 11.0. The van der Waals surface area contributed by atoms with Crippen LogP contribution >= 0.6 is 0 Å². The maximum atomic E-state index is 5.51. The van der Waals surface area contributed by atoms with Crippen molar-refractivity contribution in [1.29, 1.82) is 0 Å². The Morgan fingerprint density at radius 1 is 0.357 bits per heavy atom. The van der Waals surface area contributed by atoms with Gasteiger partial charge in [-0.2, -0.15) is 0 Å². The molecule has 0 saturated carbocycles. The Bertz CT molecular complexity index is 3130. The van der Waals surface area contributed by atoms with Gasteiger partial charge in [-0.25, -0.2) is 9.97 Å². The van der Waals surface area contributed by atoms with Crippen molar-refractivity contribution in [2.75, 3.05) is 0 Å². The maximum Gasteiger partial charge on any atom is 0.161 e. The zero-order valence-electron chi connectivity index (χ0n) is 30.9. The standard InChI is InChI=1S/C54H36N2/c1-54(41-18-6-3-7-19-41)48-23-13-12-22-44(48)47-33-40(29-31-49(47)54)51-34-50(38-26-24-36(25-27-38)35-14-4-2-5-15-35)55-53(56-51)52-43-21-11-9-17-39(43)32-46-42-20-10-8-16-37(42)28-30-45(46)52/h2-34H,1H3. The van der Waals surface area contributed by atoms with E-state index in [0.29, 0.717) is 0 Å². The van der Waals surface area contributed by atoms with Gasteiger partial charge in [0.1, 0.15) is 0 Å². The number of nitrogens with zero attached hydrogens (tertiary/aromatic N) is 2. The summed E-state index contributed by atoms with van der Waals surface area (Å²) in [5.74, 6) is 0.719. The van der Waals surface area contributed by atoms with E-state index in [1.54, 1.807) is 0 Å². The summed E-state index contributed by atoms with van der Waals surface area (Å²) in [5.41, 5.74) is 13.5. The van der Waals surface area contributed by atoms with Crippen molar-refractivity contribution in [2.24, 2.45) is 0 Å². The van der Waals surface area contributed by atoms with E-state index >= 15 is 0 Å². The summed E-state index contributed by atoms with van der Waals surface area (Å²) < 4.78 is 0. The first-order chi connectivity index (χ1) is 27.6. The highest BCUT2D eigenvalue weighted by atomic mass is 14.9. The molecule has 262 valence electrons. The van der Waals surface area contributed by atoms with Crippen LogP contribution in [0.25, 0.3) is 88.5 Å². The smallest absolute Gasteiger partial charge is 0.161 e. The van der Waals surface area contributed by atoms with Gasteiger partial charge in [0.25, 0.3) is 0 Å². The summed E-state index contributed by atoms with van der Waals surface area (Å²) in [6.07, 6.45) is 0. The number of rotatable bonds is 5. The van der Waals surface area contributed by atoms with E-state index in [1.165, 1.54) is 60.5 Å².